The molecule has 0 bridgehead atoms. The molecule has 0 aromatic rings. The second-order valence-corrected chi connectivity index (χ2v) is 4.85. The van der Waals surface area contributed by atoms with Gasteiger partial charge in [0.2, 0.25) is 0 Å². The SMILES string of the molecule is CCCCOC(CCCC)=C(C)C(=O)ON(CC)CC. The Morgan fingerprint density at radius 2 is 1.60 bits per heavy atom. The van der Waals surface area contributed by atoms with Gasteiger partial charge in [-0.1, -0.05) is 26.7 Å². The number of ether oxygens (including phenoxy) is 1. The maximum absolute atomic E-state index is 12.1. The van der Waals surface area contributed by atoms with Gasteiger partial charge in [-0.3, -0.25) is 0 Å². The van der Waals surface area contributed by atoms with Gasteiger partial charge in [-0.2, -0.15) is 0 Å². The predicted octanol–water partition coefficient (Wildman–Crippen LogP) is 4.07. The van der Waals surface area contributed by atoms with Crippen molar-refractivity contribution in [3.63, 3.8) is 0 Å². The van der Waals surface area contributed by atoms with Crippen molar-refractivity contribution in [1.82, 2.24) is 5.06 Å². The first-order valence-corrected chi connectivity index (χ1v) is 7.90. The minimum Gasteiger partial charge on any atom is -0.497 e. The normalized spacial score (nSPS) is 12.3. The summed E-state index contributed by atoms with van der Waals surface area (Å²) in [5.74, 6) is 0.494. The standard InChI is InChI=1S/C16H31NO3/c1-6-10-12-15(19-13-11-7-2)14(5)16(18)20-17(8-3)9-4/h6-13H2,1-5H3. The molecule has 0 amide bonds. The monoisotopic (exact) mass is 285 g/mol. The number of unbranched alkanes of at least 4 members (excludes halogenated alkanes) is 2. The molecule has 0 aliphatic heterocycles. The molecule has 118 valence electrons. The van der Waals surface area contributed by atoms with Crippen LogP contribution < -0.4 is 0 Å². The second-order valence-electron chi connectivity index (χ2n) is 4.85. The lowest BCUT2D eigenvalue weighted by atomic mass is 10.1. The van der Waals surface area contributed by atoms with Gasteiger partial charge in [-0.05, 0) is 33.6 Å². The number of hydrogen-bond donors (Lipinski definition) is 0. The van der Waals surface area contributed by atoms with E-state index in [1.807, 2.05) is 13.8 Å². The highest BCUT2D eigenvalue weighted by molar-refractivity contribution is 5.88. The molecule has 4 heteroatoms. The number of carbonyl (C=O) groups is 1. The zero-order chi connectivity index (χ0) is 15.4. The molecule has 20 heavy (non-hydrogen) atoms. The molecular formula is C16H31NO3. The van der Waals surface area contributed by atoms with Crippen molar-refractivity contribution >= 4 is 5.97 Å². The van der Waals surface area contributed by atoms with Crippen LogP contribution in [0.1, 0.15) is 66.7 Å². The van der Waals surface area contributed by atoms with Gasteiger partial charge in [0, 0.05) is 19.5 Å². The van der Waals surface area contributed by atoms with Crippen LogP contribution in [-0.2, 0) is 14.4 Å². The maximum atomic E-state index is 12.1. The molecule has 4 nitrogen and oxygen atoms in total. The van der Waals surface area contributed by atoms with Crippen molar-refractivity contribution in [1.29, 1.82) is 0 Å². The lowest BCUT2D eigenvalue weighted by Crippen LogP contribution is -2.27. The van der Waals surface area contributed by atoms with E-state index in [2.05, 4.69) is 13.8 Å². The zero-order valence-electron chi connectivity index (χ0n) is 13.8. The van der Waals surface area contributed by atoms with Crippen molar-refractivity contribution in [2.24, 2.45) is 0 Å². The van der Waals surface area contributed by atoms with Gasteiger partial charge in [0.25, 0.3) is 0 Å². The third-order valence-corrected chi connectivity index (χ3v) is 3.17. The van der Waals surface area contributed by atoms with Gasteiger partial charge >= 0.3 is 5.97 Å². The molecule has 0 aliphatic rings. The number of nitrogens with zero attached hydrogens (tertiary/aromatic N) is 1. The molecule has 0 heterocycles. The molecule has 0 aromatic heterocycles. The van der Waals surface area contributed by atoms with Crippen LogP contribution in [0, 0.1) is 0 Å². The average molecular weight is 285 g/mol. The molecule has 0 aromatic carbocycles. The lowest BCUT2D eigenvalue weighted by Gasteiger charge is -2.19. The van der Waals surface area contributed by atoms with Crippen LogP contribution in [0.25, 0.3) is 0 Å². The molecule has 0 saturated carbocycles. The Bertz CT molecular complexity index is 296. The van der Waals surface area contributed by atoms with E-state index in [0.717, 1.165) is 37.9 Å². The van der Waals surface area contributed by atoms with Gasteiger partial charge < -0.3 is 9.57 Å². The maximum Gasteiger partial charge on any atom is 0.356 e. The van der Waals surface area contributed by atoms with E-state index in [-0.39, 0.29) is 5.97 Å². The van der Waals surface area contributed by atoms with Gasteiger partial charge in [0.1, 0.15) is 5.76 Å². The van der Waals surface area contributed by atoms with Crippen LogP contribution in [0.15, 0.2) is 11.3 Å². The van der Waals surface area contributed by atoms with Crippen LogP contribution in [-0.4, -0.2) is 30.7 Å². The highest BCUT2D eigenvalue weighted by atomic mass is 16.7. The minimum absolute atomic E-state index is 0.295. The summed E-state index contributed by atoms with van der Waals surface area (Å²) in [6.45, 7) is 12.0. The second kappa shape index (κ2) is 11.8. The van der Waals surface area contributed by atoms with Crippen molar-refractivity contribution in [2.45, 2.75) is 66.7 Å². The van der Waals surface area contributed by atoms with Gasteiger partial charge in [-0.15, -0.1) is 5.06 Å². The highest BCUT2D eigenvalue weighted by Gasteiger charge is 2.16. The number of allylic oxidation sites excluding steroid dienone is 1. The number of hydroxylamine groups is 2. The molecule has 0 fully saturated rings. The Morgan fingerprint density at radius 1 is 1.00 bits per heavy atom. The van der Waals surface area contributed by atoms with Crippen LogP contribution in [0.4, 0.5) is 0 Å². The Morgan fingerprint density at radius 3 is 2.10 bits per heavy atom. The summed E-state index contributed by atoms with van der Waals surface area (Å²) >= 11 is 0. The number of carbonyl (C=O) groups excluding carboxylic acids is 1. The third kappa shape index (κ3) is 7.53. The summed E-state index contributed by atoms with van der Waals surface area (Å²) in [6.07, 6.45) is 5.01. The van der Waals surface area contributed by atoms with Crippen LogP contribution in [0.5, 0.6) is 0 Å². The molecule has 0 rings (SSSR count). The van der Waals surface area contributed by atoms with E-state index >= 15 is 0 Å². The van der Waals surface area contributed by atoms with Gasteiger partial charge in [0.15, 0.2) is 0 Å². The smallest absolute Gasteiger partial charge is 0.356 e. The Kier molecular flexibility index (Phi) is 11.2. The van der Waals surface area contributed by atoms with E-state index in [9.17, 15) is 4.79 Å². The lowest BCUT2D eigenvalue weighted by molar-refractivity contribution is -0.183. The molecule has 0 saturated heterocycles. The summed E-state index contributed by atoms with van der Waals surface area (Å²) < 4.78 is 5.78. The Labute approximate surface area is 124 Å². The molecule has 0 radical (unpaired) electrons. The van der Waals surface area contributed by atoms with Crippen LogP contribution >= 0.6 is 0 Å². The van der Waals surface area contributed by atoms with E-state index < -0.39 is 0 Å². The Hall–Kier alpha value is -1.03. The van der Waals surface area contributed by atoms with Crippen LogP contribution in [0.2, 0.25) is 0 Å². The minimum atomic E-state index is -0.295. The highest BCUT2D eigenvalue weighted by Crippen LogP contribution is 2.16. The largest absolute Gasteiger partial charge is 0.497 e. The summed E-state index contributed by atoms with van der Waals surface area (Å²) in [6, 6.07) is 0. The van der Waals surface area contributed by atoms with Crippen molar-refractivity contribution in [3.05, 3.63) is 11.3 Å². The molecule has 0 atom stereocenters. The van der Waals surface area contributed by atoms with Gasteiger partial charge in [-0.25, -0.2) is 4.79 Å². The summed E-state index contributed by atoms with van der Waals surface area (Å²) in [4.78, 5) is 17.4. The molecule has 0 spiro atoms. The first-order chi connectivity index (χ1) is 9.60. The van der Waals surface area contributed by atoms with Crippen LogP contribution in [0.3, 0.4) is 0 Å². The van der Waals surface area contributed by atoms with Gasteiger partial charge in [0.05, 0.1) is 12.2 Å². The molecule has 0 N–H and O–H groups in total. The average Bonchev–Trinajstić information content (AvgIpc) is 2.47. The van der Waals surface area contributed by atoms with Crippen molar-refractivity contribution in [3.8, 4) is 0 Å². The fourth-order valence-corrected chi connectivity index (χ4v) is 1.70. The zero-order valence-corrected chi connectivity index (χ0v) is 13.8. The number of rotatable bonds is 11. The van der Waals surface area contributed by atoms with E-state index in [1.54, 1.807) is 12.0 Å². The third-order valence-electron chi connectivity index (χ3n) is 3.17. The molecular weight excluding hydrogens is 254 g/mol. The first kappa shape index (κ1) is 19.0. The summed E-state index contributed by atoms with van der Waals surface area (Å²) in [7, 11) is 0. The quantitative estimate of drug-likeness (QED) is 0.248. The van der Waals surface area contributed by atoms with Crippen molar-refractivity contribution in [2.75, 3.05) is 19.7 Å². The Balaban J connectivity index is 4.71. The fraction of sp³-hybridized carbons (Fsp3) is 0.812. The summed E-state index contributed by atoms with van der Waals surface area (Å²) in [5, 5.41) is 1.65. The molecule has 0 aliphatic carbocycles. The summed E-state index contributed by atoms with van der Waals surface area (Å²) in [5.41, 5.74) is 0.599. The topological polar surface area (TPSA) is 38.8 Å². The van der Waals surface area contributed by atoms with Crippen molar-refractivity contribution < 1.29 is 14.4 Å². The predicted molar refractivity (Wildman–Crippen MR) is 82.1 cm³/mol. The van der Waals surface area contributed by atoms with E-state index in [4.69, 9.17) is 9.57 Å². The fourth-order valence-electron chi connectivity index (χ4n) is 1.70. The molecule has 0 unspecified atom stereocenters. The van der Waals surface area contributed by atoms with E-state index in [0.29, 0.717) is 25.3 Å². The first-order valence-electron chi connectivity index (χ1n) is 7.90. The van der Waals surface area contributed by atoms with E-state index in [1.165, 1.54) is 0 Å². The number of hydrogen-bond acceptors (Lipinski definition) is 4.